The van der Waals surface area contributed by atoms with E-state index >= 15 is 4.39 Å². The van der Waals surface area contributed by atoms with Crippen molar-refractivity contribution < 1.29 is 18.1 Å². The number of hydrogen-bond donors (Lipinski definition) is 1. The standard InChI is InChI=1S/C33H42ClFN2O3S2/c1-5-7-27-25(11-12-28(34)32(27)35)24-18-37-17-23-8-10-26(23)30(40-4)15-21(6-2)14-20(3)42(39)36-33(38)22-9-13-31(41-19-24)29(37)16-22/h6,9,11-13,16,20-21,23-24,26,30H,2,5,7-8,10,14-15,17-19H2,1,3-4H3,(H,36,38). The zero-order valence-electron chi connectivity index (χ0n) is 24.7. The molecule has 0 radical (unpaired) electrons. The number of thioether (sulfide) groups is 1. The molecule has 228 valence electrons. The maximum Gasteiger partial charge on any atom is 0.263 e. The lowest BCUT2D eigenvalue weighted by Gasteiger charge is -2.45. The average Bonchev–Trinajstić information content (AvgIpc) is 3.15. The van der Waals surface area contributed by atoms with E-state index in [9.17, 15) is 9.00 Å². The second-order valence-corrected chi connectivity index (χ2v) is 15.1. The first kappa shape index (κ1) is 31.6. The first-order valence-corrected chi connectivity index (χ1v) is 17.7. The second kappa shape index (κ2) is 13.8. The van der Waals surface area contributed by atoms with E-state index in [4.69, 9.17) is 16.3 Å². The maximum absolute atomic E-state index is 15.3. The van der Waals surface area contributed by atoms with Crippen LogP contribution in [0.5, 0.6) is 0 Å². The zero-order chi connectivity index (χ0) is 30.0. The maximum atomic E-state index is 15.3. The lowest BCUT2D eigenvalue weighted by atomic mass is 9.68. The lowest BCUT2D eigenvalue weighted by molar-refractivity contribution is -0.0267. The van der Waals surface area contributed by atoms with Gasteiger partial charge in [0.15, 0.2) is 0 Å². The number of nitrogens with one attached hydrogen (secondary N) is 1. The fraction of sp³-hybridized carbons (Fsp3) is 0.545. The largest absolute Gasteiger partial charge is 0.381 e. The van der Waals surface area contributed by atoms with Crippen LogP contribution in [0.3, 0.4) is 0 Å². The zero-order valence-corrected chi connectivity index (χ0v) is 27.1. The number of carbonyl (C=O) groups excluding carboxylic acids is 1. The molecule has 5 rings (SSSR count). The van der Waals surface area contributed by atoms with Gasteiger partial charge in [0.05, 0.1) is 22.1 Å². The number of amides is 1. The molecular formula is C33H42ClFN2O3S2. The number of halogens is 2. The molecule has 9 heteroatoms. The number of ether oxygens (including phenoxy) is 1. The molecule has 42 heavy (non-hydrogen) atoms. The monoisotopic (exact) mass is 632 g/mol. The van der Waals surface area contributed by atoms with E-state index in [1.165, 1.54) is 0 Å². The summed E-state index contributed by atoms with van der Waals surface area (Å²) >= 11 is 7.97. The first-order valence-electron chi connectivity index (χ1n) is 15.1. The van der Waals surface area contributed by atoms with Crippen molar-refractivity contribution in [1.29, 1.82) is 0 Å². The Labute approximate surface area is 261 Å². The van der Waals surface area contributed by atoms with E-state index in [-0.39, 0.29) is 39.9 Å². The summed E-state index contributed by atoms with van der Waals surface area (Å²) in [6, 6.07) is 9.47. The van der Waals surface area contributed by atoms with Gasteiger partial charge in [0, 0.05) is 42.3 Å². The number of benzene rings is 2. The Morgan fingerprint density at radius 1 is 1.24 bits per heavy atom. The Balaban J connectivity index is 1.55. The molecule has 1 aliphatic carbocycles. The van der Waals surface area contributed by atoms with Crippen LogP contribution in [-0.4, -0.2) is 47.4 Å². The fourth-order valence-corrected chi connectivity index (χ4v) is 9.15. The number of fused-ring (bicyclic) bond motifs is 2. The van der Waals surface area contributed by atoms with Gasteiger partial charge in [-0.3, -0.25) is 9.52 Å². The van der Waals surface area contributed by atoms with E-state index in [1.54, 1.807) is 24.9 Å². The van der Waals surface area contributed by atoms with Crippen molar-refractivity contribution in [2.45, 2.75) is 74.5 Å². The third-order valence-corrected chi connectivity index (χ3v) is 12.2. The molecule has 2 aromatic rings. The molecule has 7 unspecified atom stereocenters. The molecule has 5 nitrogen and oxygen atoms in total. The van der Waals surface area contributed by atoms with Crippen LogP contribution in [0.25, 0.3) is 0 Å². The first-order chi connectivity index (χ1) is 20.2. The predicted octanol–water partition coefficient (Wildman–Crippen LogP) is 7.55. The molecule has 1 fully saturated rings. The molecule has 1 saturated carbocycles. The summed E-state index contributed by atoms with van der Waals surface area (Å²) in [6.45, 7) is 9.58. The minimum Gasteiger partial charge on any atom is -0.381 e. The van der Waals surface area contributed by atoms with Gasteiger partial charge in [0.25, 0.3) is 5.91 Å². The number of hydrogen-bond acceptors (Lipinski definition) is 5. The second-order valence-electron chi connectivity index (χ2n) is 12.1. The fourth-order valence-electron chi connectivity index (χ4n) is 6.88. The molecule has 2 aliphatic heterocycles. The molecule has 1 N–H and O–H groups in total. The molecule has 2 bridgehead atoms. The smallest absolute Gasteiger partial charge is 0.263 e. The van der Waals surface area contributed by atoms with Crippen molar-refractivity contribution in [2.75, 3.05) is 30.9 Å². The van der Waals surface area contributed by atoms with Gasteiger partial charge in [0.2, 0.25) is 0 Å². The highest BCUT2D eigenvalue weighted by atomic mass is 35.5. The van der Waals surface area contributed by atoms with Crippen LogP contribution in [0.15, 0.2) is 47.9 Å². The van der Waals surface area contributed by atoms with Crippen LogP contribution in [0.1, 0.15) is 73.4 Å². The van der Waals surface area contributed by atoms with Crippen LogP contribution < -0.4 is 9.62 Å². The number of carbonyl (C=O) groups is 1. The van der Waals surface area contributed by atoms with E-state index < -0.39 is 11.0 Å². The Morgan fingerprint density at radius 3 is 2.74 bits per heavy atom. The van der Waals surface area contributed by atoms with E-state index in [2.05, 4.69) is 23.1 Å². The highest BCUT2D eigenvalue weighted by molar-refractivity contribution is 7.99. The third kappa shape index (κ3) is 6.62. The Morgan fingerprint density at radius 2 is 2.05 bits per heavy atom. The number of anilines is 1. The van der Waals surface area contributed by atoms with Gasteiger partial charge in [-0.05, 0) is 92.2 Å². The van der Waals surface area contributed by atoms with Crippen molar-refractivity contribution in [3.63, 3.8) is 0 Å². The van der Waals surface area contributed by atoms with Crippen LogP contribution >= 0.6 is 23.4 Å². The Hall–Kier alpha value is -1.87. The van der Waals surface area contributed by atoms with Crippen molar-refractivity contribution in [1.82, 2.24) is 4.72 Å². The van der Waals surface area contributed by atoms with Gasteiger partial charge in [0.1, 0.15) is 16.8 Å². The van der Waals surface area contributed by atoms with Gasteiger partial charge >= 0.3 is 0 Å². The molecular weight excluding hydrogens is 591 g/mol. The van der Waals surface area contributed by atoms with Crippen LogP contribution in [0.4, 0.5) is 10.1 Å². The minimum absolute atomic E-state index is 0.0802. The quantitative estimate of drug-likeness (QED) is 0.345. The lowest BCUT2D eigenvalue weighted by Crippen LogP contribution is -2.45. The summed E-state index contributed by atoms with van der Waals surface area (Å²) in [7, 11) is 0.263. The predicted molar refractivity (Wildman–Crippen MR) is 173 cm³/mol. The van der Waals surface area contributed by atoms with Crippen LogP contribution in [-0.2, 0) is 22.1 Å². The summed E-state index contributed by atoms with van der Waals surface area (Å²) in [4.78, 5) is 16.8. The number of methoxy groups -OCH3 is 1. The number of allylic oxidation sites excluding steroid dienone is 1. The summed E-state index contributed by atoms with van der Waals surface area (Å²) in [5.41, 5.74) is 3.25. The third-order valence-electron chi connectivity index (χ3n) is 9.39. The molecule has 0 saturated heterocycles. The number of rotatable bonds is 5. The van der Waals surface area contributed by atoms with Crippen LogP contribution in [0.2, 0.25) is 5.02 Å². The van der Waals surface area contributed by atoms with E-state index in [1.807, 2.05) is 37.3 Å². The molecule has 2 heterocycles. The highest BCUT2D eigenvalue weighted by Gasteiger charge is 2.40. The van der Waals surface area contributed by atoms with Crippen LogP contribution in [0, 0.1) is 23.6 Å². The van der Waals surface area contributed by atoms with E-state index in [0.717, 1.165) is 54.1 Å². The molecule has 0 spiro atoms. The van der Waals surface area contributed by atoms with Gasteiger partial charge in [-0.15, -0.1) is 18.3 Å². The van der Waals surface area contributed by atoms with Gasteiger partial charge in [-0.2, -0.15) is 0 Å². The summed E-state index contributed by atoms with van der Waals surface area (Å²) in [6.07, 6.45) is 7.20. The average molecular weight is 633 g/mol. The van der Waals surface area contributed by atoms with Crippen molar-refractivity contribution >= 4 is 45.9 Å². The van der Waals surface area contributed by atoms with Gasteiger partial charge in [-0.1, -0.05) is 37.1 Å². The Bertz CT molecular complexity index is 1340. The Kier molecular flexibility index (Phi) is 10.4. The normalized spacial score (nSPS) is 30.2. The van der Waals surface area contributed by atoms with Gasteiger partial charge < -0.3 is 9.64 Å². The van der Waals surface area contributed by atoms with E-state index in [0.29, 0.717) is 42.3 Å². The number of nitrogens with zero attached hydrogens (tertiary/aromatic N) is 1. The van der Waals surface area contributed by atoms with Crippen molar-refractivity contribution in [2.24, 2.45) is 17.8 Å². The SMILES string of the molecule is C=CC1CC(OC)C2CCC2CN2CC(c3ccc(Cl)c(F)c3CCC)CSc3ccc(cc32)C(=O)NS(=O)C(C)C1. The molecule has 2 aromatic carbocycles. The topological polar surface area (TPSA) is 58.6 Å². The highest BCUT2D eigenvalue weighted by Crippen LogP contribution is 2.45. The summed E-state index contributed by atoms with van der Waals surface area (Å²) in [5.74, 6) is 1.23. The summed E-state index contributed by atoms with van der Waals surface area (Å²) in [5, 5.41) is -0.0495. The van der Waals surface area contributed by atoms with Crippen molar-refractivity contribution in [3.8, 4) is 0 Å². The van der Waals surface area contributed by atoms with Crippen molar-refractivity contribution in [3.05, 3.63) is 70.5 Å². The molecule has 0 aromatic heterocycles. The molecule has 3 aliphatic rings. The summed E-state index contributed by atoms with van der Waals surface area (Å²) < 4.78 is 37.3. The molecule has 1 amide bonds. The van der Waals surface area contributed by atoms with Gasteiger partial charge in [-0.25, -0.2) is 8.60 Å². The minimum atomic E-state index is -1.53. The molecule has 7 atom stereocenters.